The van der Waals surface area contributed by atoms with E-state index in [2.05, 4.69) is 32.4 Å². The van der Waals surface area contributed by atoms with E-state index in [0.717, 1.165) is 46.5 Å². The van der Waals surface area contributed by atoms with E-state index < -0.39 is 183 Å². The van der Waals surface area contributed by atoms with Gasteiger partial charge in [-0.1, -0.05) is 64.4 Å². The number of ether oxygens (including phenoxy) is 8. The molecule has 0 aliphatic carbocycles. The molecule has 4 amide bonds. The first-order valence-electron chi connectivity index (χ1n) is 26.0. The van der Waals surface area contributed by atoms with Crippen LogP contribution in [0.3, 0.4) is 0 Å². The van der Waals surface area contributed by atoms with Gasteiger partial charge < -0.3 is 105 Å². The molecule has 4 saturated heterocycles. The van der Waals surface area contributed by atoms with Crippen LogP contribution in [0.1, 0.15) is 95.8 Å². The van der Waals surface area contributed by atoms with Crippen LogP contribution in [0.25, 0.3) is 0 Å². The number of carbonyl (C=O) groups is 4. The van der Waals surface area contributed by atoms with Gasteiger partial charge in [-0.15, -0.1) is 0 Å². The van der Waals surface area contributed by atoms with Crippen LogP contribution in [-0.2, 0) is 62.1 Å². The fraction of sp³-hybridized carbons (Fsp3) is 0.792. The fourth-order valence-electron chi connectivity index (χ4n) is 9.64. The molecule has 4 aliphatic heterocycles. The SMILES string of the molecule is CCCCCCCCCCCOc1cccc(C(=O)NC2[C@H](O[C@H]3C(O)C(NC(C)=O)[C@H](OC4C(CO)O[C@@H](O[C@H]5C(O)C(NC(C)=O)C(O)O[C@H]5COS(=O)(=O)O)[C@@H](NC(C)=O)[C@H]4O)O[C@H]3CO)OC(CO)[C@@H](O)[C@@H]2O)c1. The van der Waals surface area contributed by atoms with Crippen molar-refractivity contribution < 1.29 is 120 Å². The van der Waals surface area contributed by atoms with E-state index >= 15 is 0 Å². The van der Waals surface area contributed by atoms with Crippen molar-refractivity contribution in [1.29, 1.82) is 0 Å². The highest BCUT2D eigenvalue weighted by atomic mass is 32.3. The van der Waals surface area contributed by atoms with Crippen molar-refractivity contribution in [3.63, 3.8) is 0 Å². The first-order valence-corrected chi connectivity index (χ1v) is 27.3. The van der Waals surface area contributed by atoms with E-state index in [1.165, 1.54) is 44.2 Å². The molecule has 5 rings (SSSR count). The molecule has 0 radical (unpaired) electrons. The molecular formula is C48H78N4O25S. The number of amides is 4. The van der Waals surface area contributed by atoms with Gasteiger partial charge in [-0.3, -0.25) is 23.7 Å². The predicted molar refractivity (Wildman–Crippen MR) is 264 cm³/mol. The highest BCUT2D eigenvalue weighted by Crippen LogP contribution is 2.35. The summed E-state index contributed by atoms with van der Waals surface area (Å²) in [7, 11) is -5.16. The van der Waals surface area contributed by atoms with Crippen LogP contribution in [0, 0.1) is 0 Å². The van der Waals surface area contributed by atoms with Crippen molar-refractivity contribution in [2.75, 3.05) is 33.0 Å². The van der Waals surface area contributed by atoms with Crippen molar-refractivity contribution in [2.45, 2.75) is 208 Å². The lowest BCUT2D eigenvalue weighted by Crippen LogP contribution is -2.71. The van der Waals surface area contributed by atoms with Crippen LogP contribution < -0.4 is 26.0 Å². The van der Waals surface area contributed by atoms with Crippen molar-refractivity contribution >= 4 is 34.0 Å². The van der Waals surface area contributed by atoms with Crippen molar-refractivity contribution in [1.82, 2.24) is 21.3 Å². The molecule has 1 aromatic carbocycles. The molecule has 0 spiro atoms. The molecular weight excluding hydrogens is 1060 g/mol. The Morgan fingerprint density at radius 3 is 1.46 bits per heavy atom. The number of aliphatic hydroxyl groups excluding tert-OH is 9. The van der Waals surface area contributed by atoms with Crippen LogP contribution in [0.2, 0.25) is 0 Å². The van der Waals surface area contributed by atoms with Gasteiger partial charge in [-0.25, -0.2) is 4.18 Å². The highest BCUT2D eigenvalue weighted by molar-refractivity contribution is 7.80. The second-order valence-corrected chi connectivity index (χ2v) is 20.7. The summed E-state index contributed by atoms with van der Waals surface area (Å²) in [6.07, 6.45) is -19.4. The van der Waals surface area contributed by atoms with E-state index in [-0.39, 0.29) is 5.56 Å². The van der Waals surface area contributed by atoms with Gasteiger partial charge in [-0.05, 0) is 24.6 Å². The van der Waals surface area contributed by atoms with E-state index in [1.54, 1.807) is 12.1 Å². The largest absolute Gasteiger partial charge is 0.494 e. The summed E-state index contributed by atoms with van der Waals surface area (Å²) in [5.41, 5.74) is 0.0727. The molecule has 4 aliphatic rings. The summed E-state index contributed by atoms with van der Waals surface area (Å²) in [5.74, 6) is -2.81. The Hall–Kier alpha value is -3.87. The predicted octanol–water partition coefficient (Wildman–Crippen LogP) is -4.14. The summed E-state index contributed by atoms with van der Waals surface area (Å²) in [4.78, 5) is 51.1. The van der Waals surface area contributed by atoms with Crippen LogP contribution in [0.5, 0.6) is 5.75 Å². The molecule has 9 unspecified atom stereocenters. The number of unbranched alkanes of at least 4 members (excludes halogenated alkanes) is 8. The van der Waals surface area contributed by atoms with Gasteiger partial charge in [0.2, 0.25) is 17.7 Å². The topological polar surface area (TPSA) is 436 Å². The first-order chi connectivity index (χ1) is 37.0. The maximum atomic E-state index is 13.8. The summed E-state index contributed by atoms with van der Waals surface area (Å²) in [5, 5.41) is 109. The number of aliphatic hydroxyl groups is 9. The first kappa shape index (κ1) is 64.9. The maximum Gasteiger partial charge on any atom is 0.397 e. The molecule has 4 heterocycles. The van der Waals surface area contributed by atoms with Gasteiger partial charge in [0.1, 0.15) is 103 Å². The number of benzene rings is 1. The Balaban J connectivity index is 1.34. The van der Waals surface area contributed by atoms with Crippen LogP contribution in [-0.4, -0.2) is 238 Å². The molecule has 29 nitrogen and oxygen atoms in total. The zero-order valence-electron chi connectivity index (χ0n) is 43.8. The molecule has 0 bridgehead atoms. The minimum absolute atomic E-state index is 0.0727. The van der Waals surface area contributed by atoms with Crippen molar-refractivity contribution in [2.24, 2.45) is 0 Å². The summed E-state index contributed by atoms with van der Waals surface area (Å²) in [6, 6.07) is -0.593. The Kier molecular flexibility index (Phi) is 25.7. The van der Waals surface area contributed by atoms with Gasteiger partial charge in [-0.2, -0.15) is 8.42 Å². The Morgan fingerprint density at radius 2 is 0.987 bits per heavy atom. The summed E-state index contributed by atoms with van der Waals surface area (Å²) < 4.78 is 84.0. The lowest BCUT2D eigenvalue weighted by atomic mass is 9.93. The molecule has 30 heteroatoms. The van der Waals surface area contributed by atoms with E-state index in [4.69, 9.17) is 37.9 Å². The number of nitrogens with one attached hydrogen (secondary N) is 4. The minimum Gasteiger partial charge on any atom is -0.494 e. The molecule has 0 aromatic heterocycles. The number of carbonyl (C=O) groups excluding carboxylic acids is 4. The third-order valence-corrected chi connectivity index (χ3v) is 14.0. The second kappa shape index (κ2) is 30.8. The van der Waals surface area contributed by atoms with Crippen molar-refractivity contribution in [3.05, 3.63) is 29.8 Å². The van der Waals surface area contributed by atoms with Gasteiger partial charge in [0.05, 0.1) is 33.0 Å². The van der Waals surface area contributed by atoms with Gasteiger partial charge >= 0.3 is 10.4 Å². The van der Waals surface area contributed by atoms with Crippen LogP contribution in [0.15, 0.2) is 24.3 Å². The molecule has 4 fully saturated rings. The Morgan fingerprint density at radius 1 is 0.551 bits per heavy atom. The number of rotatable bonds is 28. The molecule has 1 aromatic rings. The highest BCUT2D eigenvalue weighted by Gasteiger charge is 2.56. The van der Waals surface area contributed by atoms with Gasteiger partial charge in [0.25, 0.3) is 5.91 Å². The second-order valence-electron chi connectivity index (χ2n) is 19.6. The zero-order valence-corrected chi connectivity index (χ0v) is 44.6. The van der Waals surface area contributed by atoms with Crippen molar-refractivity contribution in [3.8, 4) is 5.75 Å². The molecule has 20 atom stereocenters. The average molecular weight is 1140 g/mol. The standard InChI is InChI=1S/C48H78N4O25S/c1-5-6-7-8-9-10-11-12-13-17-69-27-16-14-15-26(18-27)44(64)52-33-37(60)36(59)28(19-53)72-46(33)75-41-29(20-54)73-47(34(39(41)62)50-24(3)57)76-42-30(21-55)74-48(35(40(42)63)51-25(4)58)77-43-31(22-70-78(66,67)68)71-45(65)32(38(43)61)49-23(2)56/h14-16,18,28-43,45-48,53-55,59-63,65H,5-13,17,19-22H2,1-4H3,(H,49,56)(H,50,57)(H,51,58)(H,52,64)(H,66,67,68)/t28?,29-,30?,31-,32?,33?,34?,35-,36+,37+,38?,39?,40+,41+,42?,43+,45?,46-,47-,48-/m0/s1. The van der Waals surface area contributed by atoms with Gasteiger partial charge in [0.15, 0.2) is 25.2 Å². The van der Waals surface area contributed by atoms with E-state index in [1.807, 2.05) is 0 Å². The third-order valence-electron chi connectivity index (χ3n) is 13.6. The normalized spacial score (nSPS) is 35.3. The average Bonchev–Trinajstić information content (AvgIpc) is 3.47. The van der Waals surface area contributed by atoms with Crippen LogP contribution >= 0.6 is 0 Å². The number of hydrogen-bond acceptors (Lipinski definition) is 24. The minimum atomic E-state index is -5.16. The Bertz CT molecular complexity index is 2170. The number of hydrogen-bond donors (Lipinski definition) is 14. The van der Waals surface area contributed by atoms with Gasteiger partial charge in [0, 0.05) is 26.3 Å². The lowest BCUT2D eigenvalue weighted by molar-refractivity contribution is -0.361. The maximum absolute atomic E-state index is 13.8. The quantitative estimate of drug-likeness (QED) is 0.0280. The van der Waals surface area contributed by atoms with E-state index in [0.29, 0.717) is 12.4 Å². The van der Waals surface area contributed by atoms with E-state index in [9.17, 15) is 78.1 Å². The Labute approximate surface area is 451 Å². The molecule has 446 valence electrons. The lowest BCUT2D eigenvalue weighted by Gasteiger charge is -2.51. The fourth-order valence-corrected chi connectivity index (χ4v) is 9.95. The molecule has 14 N–H and O–H groups in total. The summed E-state index contributed by atoms with van der Waals surface area (Å²) >= 11 is 0. The smallest absolute Gasteiger partial charge is 0.397 e. The summed E-state index contributed by atoms with van der Waals surface area (Å²) in [6.45, 7) is 1.68. The third kappa shape index (κ3) is 18.1. The zero-order chi connectivity index (χ0) is 57.4. The monoisotopic (exact) mass is 1140 g/mol. The molecule has 0 saturated carbocycles. The van der Waals surface area contributed by atoms with Crippen LogP contribution in [0.4, 0.5) is 0 Å². The molecule has 78 heavy (non-hydrogen) atoms.